The van der Waals surface area contributed by atoms with E-state index in [1.165, 1.54) is 28.5 Å². The Balaban J connectivity index is 1.51. The van der Waals surface area contributed by atoms with Crippen LogP contribution in [0.5, 0.6) is 0 Å². The second kappa shape index (κ2) is 7.15. The number of rotatable bonds is 4. The van der Waals surface area contributed by atoms with E-state index in [0.29, 0.717) is 6.54 Å². The van der Waals surface area contributed by atoms with Crippen LogP contribution in [0.25, 0.3) is 31.7 Å². The Hall–Kier alpha value is -3.38. The second-order valence-electron chi connectivity index (χ2n) is 7.49. The SMILES string of the molecule is c1ccc(-c2nc3sc4c(NCc5ccccn5)ncnc4c3c3c2CCC3)cc1. The largest absolute Gasteiger partial charge is 0.363 e. The maximum Gasteiger partial charge on any atom is 0.147 e. The van der Waals surface area contributed by atoms with Gasteiger partial charge in [0.2, 0.25) is 0 Å². The van der Waals surface area contributed by atoms with E-state index in [2.05, 4.69) is 50.6 Å². The number of hydrogen-bond acceptors (Lipinski definition) is 6. The van der Waals surface area contributed by atoms with Gasteiger partial charge in [0.15, 0.2) is 0 Å². The molecular weight excluding hydrogens is 390 g/mol. The normalized spacial score (nSPS) is 13.1. The van der Waals surface area contributed by atoms with Crippen molar-refractivity contribution in [3.8, 4) is 11.3 Å². The van der Waals surface area contributed by atoms with Crippen LogP contribution in [0.3, 0.4) is 0 Å². The predicted octanol–water partition coefficient (Wildman–Crippen LogP) is 5.40. The number of aryl methyl sites for hydroxylation is 1. The minimum atomic E-state index is 0.627. The maximum atomic E-state index is 5.12. The summed E-state index contributed by atoms with van der Waals surface area (Å²) in [5, 5.41) is 4.66. The van der Waals surface area contributed by atoms with Crippen molar-refractivity contribution >= 4 is 37.6 Å². The minimum Gasteiger partial charge on any atom is -0.363 e. The highest BCUT2D eigenvalue weighted by molar-refractivity contribution is 7.26. The van der Waals surface area contributed by atoms with E-state index >= 15 is 0 Å². The summed E-state index contributed by atoms with van der Waals surface area (Å²) in [5.41, 5.74) is 7.11. The first-order valence-corrected chi connectivity index (χ1v) is 11.0. The van der Waals surface area contributed by atoms with E-state index in [1.54, 1.807) is 17.7 Å². The molecule has 4 heterocycles. The van der Waals surface area contributed by atoms with E-state index in [-0.39, 0.29) is 0 Å². The highest BCUT2D eigenvalue weighted by atomic mass is 32.1. The van der Waals surface area contributed by atoms with Crippen LogP contribution in [0.2, 0.25) is 0 Å². The summed E-state index contributed by atoms with van der Waals surface area (Å²) >= 11 is 1.68. The summed E-state index contributed by atoms with van der Waals surface area (Å²) in [6, 6.07) is 16.5. The number of pyridine rings is 2. The summed E-state index contributed by atoms with van der Waals surface area (Å²) in [4.78, 5) is 19.8. The molecule has 1 N–H and O–H groups in total. The fraction of sp³-hybridized carbons (Fsp3) is 0.167. The van der Waals surface area contributed by atoms with Gasteiger partial charge in [-0.3, -0.25) is 4.98 Å². The Bertz CT molecular complexity index is 1360. The van der Waals surface area contributed by atoms with Crippen LogP contribution >= 0.6 is 11.3 Å². The first kappa shape index (κ1) is 17.5. The van der Waals surface area contributed by atoms with Gasteiger partial charge in [0.1, 0.15) is 17.0 Å². The Morgan fingerprint density at radius 1 is 0.900 bits per heavy atom. The predicted molar refractivity (Wildman–Crippen MR) is 122 cm³/mol. The molecule has 0 spiro atoms. The molecule has 0 amide bonds. The van der Waals surface area contributed by atoms with E-state index in [0.717, 1.165) is 45.1 Å². The van der Waals surface area contributed by atoms with Gasteiger partial charge in [-0.2, -0.15) is 0 Å². The van der Waals surface area contributed by atoms with Crippen molar-refractivity contribution in [1.82, 2.24) is 19.9 Å². The molecule has 0 saturated carbocycles. The van der Waals surface area contributed by atoms with Crippen LogP contribution in [0.1, 0.15) is 23.2 Å². The number of thiophene rings is 1. The Morgan fingerprint density at radius 3 is 2.63 bits per heavy atom. The smallest absolute Gasteiger partial charge is 0.147 e. The van der Waals surface area contributed by atoms with Crippen molar-refractivity contribution in [2.75, 3.05) is 5.32 Å². The van der Waals surface area contributed by atoms with Gasteiger partial charge in [0.25, 0.3) is 0 Å². The highest BCUT2D eigenvalue weighted by Gasteiger charge is 2.24. The Labute approximate surface area is 177 Å². The zero-order valence-electron chi connectivity index (χ0n) is 16.3. The highest BCUT2D eigenvalue weighted by Crippen LogP contribution is 2.43. The molecule has 30 heavy (non-hydrogen) atoms. The zero-order valence-corrected chi connectivity index (χ0v) is 17.1. The van der Waals surface area contributed by atoms with E-state index < -0.39 is 0 Å². The van der Waals surface area contributed by atoms with Crippen LogP contribution < -0.4 is 5.32 Å². The lowest BCUT2D eigenvalue weighted by molar-refractivity contribution is 0.913. The van der Waals surface area contributed by atoms with Gasteiger partial charge in [-0.15, -0.1) is 11.3 Å². The molecule has 6 heteroatoms. The molecule has 0 fully saturated rings. The van der Waals surface area contributed by atoms with Crippen molar-refractivity contribution < 1.29 is 0 Å². The van der Waals surface area contributed by atoms with Crippen molar-refractivity contribution in [3.63, 3.8) is 0 Å². The average molecular weight is 410 g/mol. The second-order valence-corrected chi connectivity index (χ2v) is 8.49. The first-order chi connectivity index (χ1) is 14.9. The molecule has 0 bridgehead atoms. The number of hydrogen-bond donors (Lipinski definition) is 1. The quantitative estimate of drug-likeness (QED) is 0.430. The molecule has 1 aromatic carbocycles. The molecule has 4 aromatic heterocycles. The van der Waals surface area contributed by atoms with E-state index in [4.69, 9.17) is 4.98 Å². The topological polar surface area (TPSA) is 63.6 Å². The lowest BCUT2D eigenvalue weighted by Crippen LogP contribution is -2.03. The third-order valence-electron chi connectivity index (χ3n) is 5.68. The molecule has 0 radical (unpaired) electrons. The van der Waals surface area contributed by atoms with Gasteiger partial charge in [-0.05, 0) is 42.5 Å². The van der Waals surface area contributed by atoms with Crippen molar-refractivity contribution in [3.05, 3.63) is 77.9 Å². The fourth-order valence-electron chi connectivity index (χ4n) is 4.34. The average Bonchev–Trinajstić information content (AvgIpc) is 3.43. The molecule has 5 aromatic rings. The number of nitrogens with one attached hydrogen (secondary N) is 1. The van der Waals surface area contributed by atoms with Crippen LogP contribution in [0.4, 0.5) is 5.82 Å². The lowest BCUT2D eigenvalue weighted by atomic mass is 10.0. The summed E-state index contributed by atoms with van der Waals surface area (Å²) < 4.78 is 1.07. The summed E-state index contributed by atoms with van der Waals surface area (Å²) in [6.45, 7) is 0.627. The Kier molecular flexibility index (Phi) is 4.16. The van der Waals surface area contributed by atoms with Gasteiger partial charge in [0, 0.05) is 17.1 Å². The van der Waals surface area contributed by atoms with Gasteiger partial charge in [-0.1, -0.05) is 36.4 Å². The Morgan fingerprint density at radius 2 is 1.77 bits per heavy atom. The third kappa shape index (κ3) is 2.83. The van der Waals surface area contributed by atoms with Crippen LogP contribution in [-0.4, -0.2) is 19.9 Å². The van der Waals surface area contributed by atoms with Crippen LogP contribution in [0, 0.1) is 0 Å². The molecule has 0 atom stereocenters. The molecular formula is C24H19N5S. The summed E-state index contributed by atoms with van der Waals surface area (Å²) in [5.74, 6) is 0.849. The van der Waals surface area contributed by atoms with Crippen molar-refractivity contribution in [2.24, 2.45) is 0 Å². The molecule has 6 rings (SSSR count). The fourth-order valence-corrected chi connectivity index (χ4v) is 5.46. The van der Waals surface area contributed by atoms with Gasteiger partial charge in [-0.25, -0.2) is 15.0 Å². The van der Waals surface area contributed by atoms with Crippen molar-refractivity contribution in [1.29, 1.82) is 0 Å². The number of nitrogens with zero attached hydrogens (tertiary/aromatic N) is 4. The summed E-state index contributed by atoms with van der Waals surface area (Å²) in [6.07, 6.45) is 6.80. The molecule has 0 saturated heterocycles. The minimum absolute atomic E-state index is 0.627. The van der Waals surface area contributed by atoms with Gasteiger partial charge in [0.05, 0.1) is 28.1 Å². The first-order valence-electron chi connectivity index (χ1n) is 10.2. The van der Waals surface area contributed by atoms with E-state index in [1.807, 2.05) is 24.4 Å². The molecule has 0 unspecified atom stereocenters. The summed E-state index contributed by atoms with van der Waals surface area (Å²) in [7, 11) is 0. The number of aromatic nitrogens is 4. The number of anilines is 1. The molecule has 5 nitrogen and oxygen atoms in total. The molecule has 1 aliphatic carbocycles. The molecule has 1 aliphatic rings. The molecule has 0 aliphatic heterocycles. The molecule has 146 valence electrons. The van der Waals surface area contributed by atoms with Gasteiger partial charge < -0.3 is 5.32 Å². The number of fused-ring (bicyclic) bond motifs is 5. The van der Waals surface area contributed by atoms with E-state index in [9.17, 15) is 0 Å². The van der Waals surface area contributed by atoms with Crippen LogP contribution in [0.15, 0.2) is 61.1 Å². The van der Waals surface area contributed by atoms with Crippen LogP contribution in [-0.2, 0) is 19.4 Å². The zero-order chi connectivity index (χ0) is 19.9. The van der Waals surface area contributed by atoms with Gasteiger partial charge >= 0.3 is 0 Å². The number of benzene rings is 1. The maximum absolute atomic E-state index is 5.12. The monoisotopic (exact) mass is 409 g/mol. The third-order valence-corrected chi connectivity index (χ3v) is 6.76. The van der Waals surface area contributed by atoms with Crippen molar-refractivity contribution in [2.45, 2.75) is 25.8 Å². The standard InChI is InChI=1S/C24H19N5S/c1-2-7-15(8-3-1)20-18-11-6-10-17(18)19-21-22(30-24(19)29-20)23(28-14-27-21)26-13-16-9-4-5-12-25-16/h1-5,7-9,12,14H,6,10-11,13H2,(H,26,27,28). The lowest BCUT2D eigenvalue weighted by Gasteiger charge is -2.09.